The van der Waals surface area contributed by atoms with Gasteiger partial charge in [-0.25, -0.2) is 32.7 Å². The summed E-state index contributed by atoms with van der Waals surface area (Å²) >= 11 is 0. The van der Waals surface area contributed by atoms with Gasteiger partial charge in [0.1, 0.15) is 29.8 Å². The van der Waals surface area contributed by atoms with Crippen LogP contribution >= 0.6 is 0 Å². The Morgan fingerprint density at radius 3 is 1.67 bits per heavy atom. The smallest absolute Gasteiger partial charge is 0.315 e. The lowest BCUT2D eigenvalue weighted by Gasteiger charge is -2.19. The summed E-state index contributed by atoms with van der Waals surface area (Å²) in [4.78, 5) is 45.3. The molecule has 66 heavy (non-hydrogen) atoms. The van der Waals surface area contributed by atoms with Crippen molar-refractivity contribution in [2.45, 2.75) is 36.9 Å². The highest BCUT2D eigenvalue weighted by atomic mass is 32.2. The predicted octanol–water partition coefficient (Wildman–Crippen LogP) is 7.14. The van der Waals surface area contributed by atoms with Crippen molar-refractivity contribution >= 4 is 43.7 Å². The number of rotatable bonds is 15. The number of carbonyl (C=O) groups excluding carboxylic acids is 1. The van der Waals surface area contributed by atoms with Crippen molar-refractivity contribution in [2.75, 3.05) is 34.9 Å². The minimum Gasteiger partial charge on any atom is -0.495 e. The number of fused-ring (bicyclic) bond motifs is 4. The van der Waals surface area contributed by atoms with Crippen LogP contribution in [0.1, 0.15) is 50.8 Å². The van der Waals surface area contributed by atoms with Gasteiger partial charge in [-0.3, -0.25) is 9.59 Å². The minimum atomic E-state index is -4.27. The van der Waals surface area contributed by atoms with Crippen molar-refractivity contribution < 1.29 is 66.3 Å². The molecule has 344 valence electrons. The zero-order chi connectivity index (χ0) is 46.7. The van der Waals surface area contributed by atoms with Crippen LogP contribution in [0.3, 0.4) is 0 Å². The molecule has 2 aliphatic heterocycles. The van der Waals surface area contributed by atoms with Gasteiger partial charge in [-0.15, -0.1) is 0 Å². The molecule has 0 radical (unpaired) electrons. The number of hydrogen-bond acceptors (Lipinski definition) is 13. The normalized spacial score (nSPS) is 13.6. The fraction of sp³-hybridized carbons (Fsp3) is 0.250. The maximum absolute atomic E-state index is 13.9. The second kappa shape index (κ2) is 19.2. The van der Waals surface area contributed by atoms with Crippen molar-refractivity contribution in [3.8, 4) is 28.7 Å². The molecule has 2 N–H and O–H groups in total. The Bertz CT molecular complexity index is 3070. The Balaban J connectivity index is 0.000000192. The molecule has 7 aromatic rings. The molecular formula is C48H47N3O14S. The van der Waals surface area contributed by atoms with Gasteiger partial charge in [0.2, 0.25) is 19.5 Å². The highest BCUT2D eigenvalue weighted by Gasteiger charge is 2.33. The standard InChI is InChI=1S/C28H28N2O8S.C20H19NO6/c1-17-5-10-26(25(11-17)34-3)39(32,33)29-28(31)27(19-7-9-23-24(13-19)37-16-36-23)21-14-30(2)22-12-18(15-38-35-4)6-8-20(21)22;1-21-9-15(14-5-3-12(7-16(14)21)10-27-24-2)19(20(22)23)13-4-6-17-18(8-13)26-11-25-17/h5-14,27H,15-16H2,1-4H3,(H,29,31);3-9,19H,10-11H2,1-2H3,(H,22,23). The Morgan fingerprint density at radius 2 is 1.17 bits per heavy atom. The van der Waals surface area contributed by atoms with Crippen molar-refractivity contribution in [2.24, 2.45) is 14.1 Å². The number of hydrogen-bond donors (Lipinski definition) is 2. The van der Waals surface area contributed by atoms with Gasteiger partial charge in [-0.05, 0) is 94.4 Å². The van der Waals surface area contributed by atoms with Crippen molar-refractivity contribution in [1.29, 1.82) is 0 Å². The van der Waals surface area contributed by atoms with Crippen LogP contribution in [0.15, 0.2) is 108 Å². The minimum absolute atomic E-state index is 0.0673. The molecule has 0 saturated heterocycles. The van der Waals surface area contributed by atoms with E-state index in [9.17, 15) is 23.1 Å². The first-order valence-corrected chi connectivity index (χ1v) is 22.0. The number of aryl methyl sites for hydroxylation is 3. The van der Waals surface area contributed by atoms with E-state index in [1.54, 1.807) is 48.5 Å². The molecule has 2 aliphatic rings. The number of aliphatic carboxylic acids is 1. The van der Waals surface area contributed by atoms with Gasteiger partial charge in [-0.1, -0.05) is 42.5 Å². The number of nitrogens with zero attached hydrogens (tertiary/aromatic N) is 2. The number of aromatic nitrogens is 2. The summed E-state index contributed by atoms with van der Waals surface area (Å²) in [5.41, 5.74) is 6.92. The second-order valence-electron chi connectivity index (χ2n) is 15.5. The molecule has 0 spiro atoms. The van der Waals surface area contributed by atoms with E-state index in [0.29, 0.717) is 46.3 Å². The number of amides is 1. The molecular weight excluding hydrogens is 875 g/mol. The molecule has 0 aliphatic carbocycles. The average molecular weight is 922 g/mol. The zero-order valence-electron chi connectivity index (χ0n) is 36.9. The average Bonchev–Trinajstić information content (AvgIpc) is 4.11. The van der Waals surface area contributed by atoms with Gasteiger partial charge >= 0.3 is 5.97 Å². The van der Waals surface area contributed by atoms with Gasteiger partial charge in [0.25, 0.3) is 10.0 Å². The molecule has 0 bridgehead atoms. The van der Waals surface area contributed by atoms with Gasteiger partial charge < -0.3 is 37.9 Å². The Labute approximate surface area is 379 Å². The summed E-state index contributed by atoms with van der Waals surface area (Å²) in [6, 6.07) is 26.5. The Kier molecular flexibility index (Phi) is 13.2. The fourth-order valence-corrected chi connectivity index (χ4v) is 9.32. The second-order valence-corrected chi connectivity index (χ2v) is 17.2. The van der Waals surface area contributed by atoms with Gasteiger partial charge in [-0.2, -0.15) is 0 Å². The molecule has 1 amide bonds. The monoisotopic (exact) mass is 921 g/mol. The number of ether oxygens (including phenoxy) is 5. The van der Waals surface area contributed by atoms with Crippen molar-refractivity contribution in [3.63, 3.8) is 0 Å². The first kappa shape index (κ1) is 45.5. The van der Waals surface area contributed by atoms with E-state index in [1.807, 2.05) is 78.9 Å². The SMILES string of the molecule is COOCc1ccc2c(C(C(=O)NS(=O)(=O)c3ccc(C)cc3OC)c3ccc4c(c3)OCO4)cn(C)c2c1.COOCc1ccc2c(C(C(=O)O)c3ccc4c(c3)OCO4)cn(C)c2c1. The molecule has 2 atom stereocenters. The highest BCUT2D eigenvalue weighted by Crippen LogP contribution is 2.41. The first-order valence-electron chi connectivity index (χ1n) is 20.5. The molecule has 2 aromatic heterocycles. The Hall–Kier alpha value is -7.09. The quantitative estimate of drug-likeness (QED) is 0.0779. The van der Waals surface area contributed by atoms with E-state index in [2.05, 4.69) is 9.61 Å². The van der Waals surface area contributed by atoms with Gasteiger partial charge in [0, 0.05) is 48.3 Å². The maximum atomic E-state index is 13.9. The lowest BCUT2D eigenvalue weighted by molar-refractivity contribution is -0.282. The van der Waals surface area contributed by atoms with E-state index in [-0.39, 0.29) is 30.8 Å². The third kappa shape index (κ3) is 9.22. The molecule has 17 nitrogen and oxygen atoms in total. The lowest BCUT2D eigenvalue weighted by Crippen LogP contribution is -2.35. The molecule has 18 heteroatoms. The van der Waals surface area contributed by atoms with E-state index in [4.69, 9.17) is 38.3 Å². The third-order valence-electron chi connectivity index (χ3n) is 11.3. The number of carboxylic acid groups (broad SMARTS) is 1. The summed E-state index contributed by atoms with van der Waals surface area (Å²) in [6.45, 7) is 2.60. The van der Waals surface area contributed by atoms with E-state index >= 15 is 0 Å². The van der Waals surface area contributed by atoms with Crippen LogP contribution in [0, 0.1) is 6.92 Å². The Morgan fingerprint density at radius 1 is 0.667 bits per heavy atom. The van der Waals surface area contributed by atoms with Crippen LogP contribution in [-0.2, 0) is 66.5 Å². The lowest BCUT2D eigenvalue weighted by atomic mass is 9.90. The molecule has 0 saturated carbocycles. The number of carbonyl (C=O) groups is 2. The number of sulfonamides is 1. The predicted molar refractivity (Wildman–Crippen MR) is 239 cm³/mol. The number of benzene rings is 5. The van der Waals surface area contributed by atoms with Crippen LogP contribution in [0.5, 0.6) is 28.7 Å². The number of carboxylic acids is 1. The zero-order valence-corrected chi connectivity index (χ0v) is 37.7. The van der Waals surface area contributed by atoms with E-state index < -0.39 is 33.7 Å². The fourth-order valence-electron chi connectivity index (χ4n) is 8.17. The largest absolute Gasteiger partial charge is 0.495 e. The molecule has 4 heterocycles. The molecule has 0 fully saturated rings. The number of nitrogens with one attached hydrogen (secondary N) is 1. The van der Waals surface area contributed by atoms with Crippen molar-refractivity contribution in [3.05, 3.63) is 142 Å². The van der Waals surface area contributed by atoms with Gasteiger partial charge in [0.15, 0.2) is 23.0 Å². The van der Waals surface area contributed by atoms with Crippen LogP contribution in [0.4, 0.5) is 0 Å². The van der Waals surface area contributed by atoms with Crippen LogP contribution in [-0.4, -0.2) is 69.5 Å². The molecule has 2 unspecified atom stereocenters. The molecule has 5 aromatic carbocycles. The maximum Gasteiger partial charge on any atom is 0.315 e. The number of methoxy groups -OCH3 is 1. The molecule has 9 rings (SSSR count). The summed E-state index contributed by atoms with van der Waals surface area (Å²) in [5.74, 6) is -1.08. The van der Waals surface area contributed by atoms with E-state index in [0.717, 1.165) is 44.1 Å². The van der Waals surface area contributed by atoms with Crippen LogP contribution in [0.25, 0.3) is 21.8 Å². The summed E-state index contributed by atoms with van der Waals surface area (Å²) in [6.07, 6.45) is 3.68. The highest BCUT2D eigenvalue weighted by molar-refractivity contribution is 7.90. The summed E-state index contributed by atoms with van der Waals surface area (Å²) in [7, 11) is 3.76. The summed E-state index contributed by atoms with van der Waals surface area (Å²) in [5, 5.41) is 11.6. The third-order valence-corrected chi connectivity index (χ3v) is 12.7. The summed E-state index contributed by atoms with van der Waals surface area (Å²) < 4.78 is 59.9. The van der Waals surface area contributed by atoms with Crippen LogP contribution < -0.4 is 28.4 Å². The van der Waals surface area contributed by atoms with E-state index in [1.165, 1.54) is 27.4 Å². The first-order chi connectivity index (χ1) is 31.8. The van der Waals surface area contributed by atoms with Crippen LogP contribution in [0.2, 0.25) is 0 Å². The van der Waals surface area contributed by atoms with Crippen molar-refractivity contribution in [1.82, 2.24) is 13.9 Å². The topological polar surface area (TPSA) is 193 Å². The van der Waals surface area contributed by atoms with Gasteiger partial charge in [0.05, 0.1) is 27.2 Å².